The molecule has 1 aromatic carbocycles. The van der Waals surface area contributed by atoms with Gasteiger partial charge < -0.3 is 4.74 Å². The molecule has 4 rings (SSSR count). The number of ether oxygens (including phenoxy) is 1. The lowest BCUT2D eigenvalue weighted by atomic mass is 9.90. The lowest BCUT2D eigenvalue weighted by molar-refractivity contribution is -0.134. The number of cyclic esters (lactones) is 1. The highest BCUT2D eigenvalue weighted by atomic mass is 16.6. The molecule has 2 unspecified atom stereocenters. The van der Waals surface area contributed by atoms with Crippen molar-refractivity contribution in [3.63, 3.8) is 0 Å². The highest BCUT2D eigenvalue weighted by molar-refractivity contribution is 5.95. The van der Waals surface area contributed by atoms with E-state index in [2.05, 4.69) is 11.5 Å². The number of likely N-dealkylation sites (tertiary alicyclic amines) is 1. The minimum absolute atomic E-state index is 0.0445. The predicted octanol–water partition coefficient (Wildman–Crippen LogP) is 2.72. The summed E-state index contributed by atoms with van der Waals surface area (Å²) in [5, 5.41) is 0. The van der Waals surface area contributed by atoms with E-state index in [1.807, 2.05) is 36.4 Å². The molecule has 3 atom stereocenters. The Labute approximate surface area is 154 Å². The van der Waals surface area contributed by atoms with Crippen molar-refractivity contribution < 1.29 is 14.3 Å². The molecule has 1 saturated carbocycles. The first-order chi connectivity index (χ1) is 12.7. The molecule has 0 aromatic heterocycles. The zero-order chi connectivity index (χ0) is 18.1. The van der Waals surface area contributed by atoms with Crippen molar-refractivity contribution in [3.8, 4) is 0 Å². The van der Waals surface area contributed by atoms with Crippen LogP contribution in [0.3, 0.4) is 0 Å². The molecule has 26 heavy (non-hydrogen) atoms. The van der Waals surface area contributed by atoms with E-state index in [9.17, 15) is 9.59 Å². The maximum absolute atomic E-state index is 13.3. The van der Waals surface area contributed by atoms with Gasteiger partial charge in [0.15, 0.2) is 0 Å². The van der Waals surface area contributed by atoms with Gasteiger partial charge in [0.05, 0.1) is 12.0 Å². The van der Waals surface area contributed by atoms with Crippen molar-refractivity contribution in [1.29, 1.82) is 0 Å². The average Bonchev–Trinajstić information content (AvgIpc) is 3.31. The molecule has 2 saturated heterocycles. The summed E-state index contributed by atoms with van der Waals surface area (Å²) in [6.07, 6.45) is 4.46. The van der Waals surface area contributed by atoms with E-state index in [4.69, 9.17) is 4.74 Å². The fraction of sp³-hybridized carbons (Fsp3) is 0.524. The largest absolute Gasteiger partial charge is 0.447 e. The number of carbonyl (C=O) groups excluding carboxylic acids is 2. The topological polar surface area (TPSA) is 49.9 Å². The number of imide groups is 1. The lowest BCUT2D eigenvalue weighted by Gasteiger charge is -2.25. The van der Waals surface area contributed by atoms with Crippen LogP contribution in [-0.2, 0) is 16.0 Å². The van der Waals surface area contributed by atoms with Crippen LogP contribution in [-0.4, -0.2) is 54.1 Å². The zero-order valence-electron chi connectivity index (χ0n) is 15.0. The van der Waals surface area contributed by atoms with Gasteiger partial charge in [-0.25, -0.2) is 9.69 Å². The minimum atomic E-state index is -0.479. The zero-order valence-corrected chi connectivity index (χ0v) is 15.0. The quantitative estimate of drug-likeness (QED) is 0.737. The van der Waals surface area contributed by atoms with E-state index in [1.54, 1.807) is 0 Å². The molecule has 0 N–H and O–H groups in total. The minimum Gasteiger partial charge on any atom is -0.447 e. The van der Waals surface area contributed by atoms with Crippen molar-refractivity contribution >= 4 is 12.0 Å². The average molecular weight is 354 g/mol. The first kappa shape index (κ1) is 17.3. The summed E-state index contributed by atoms with van der Waals surface area (Å²) >= 11 is 0. The molecule has 3 aliphatic rings. The van der Waals surface area contributed by atoms with Gasteiger partial charge in [0.2, 0.25) is 5.91 Å². The van der Waals surface area contributed by atoms with Gasteiger partial charge in [-0.1, -0.05) is 36.4 Å². The monoisotopic (exact) mass is 354 g/mol. The van der Waals surface area contributed by atoms with Crippen LogP contribution >= 0.6 is 0 Å². The Bertz CT molecular complexity index is 686. The van der Waals surface area contributed by atoms with Gasteiger partial charge in [-0.2, -0.15) is 0 Å². The van der Waals surface area contributed by atoms with Crippen molar-refractivity contribution in [2.75, 3.05) is 26.2 Å². The van der Waals surface area contributed by atoms with Gasteiger partial charge in [-0.3, -0.25) is 9.69 Å². The molecule has 2 heterocycles. The number of hydrogen-bond acceptors (Lipinski definition) is 4. The number of carbonyl (C=O) groups is 2. The molecular weight excluding hydrogens is 328 g/mol. The first-order valence-corrected chi connectivity index (χ1v) is 9.54. The maximum Gasteiger partial charge on any atom is 0.416 e. The molecule has 138 valence electrons. The second-order valence-electron chi connectivity index (χ2n) is 7.74. The van der Waals surface area contributed by atoms with E-state index in [0.29, 0.717) is 24.8 Å². The molecule has 3 fully saturated rings. The summed E-state index contributed by atoms with van der Waals surface area (Å²) in [5.74, 6) is 0.835. The highest BCUT2D eigenvalue weighted by Gasteiger charge is 2.49. The molecular formula is C21H26N2O3. The molecule has 2 aliphatic heterocycles. The number of rotatable bonds is 6. The number of benzene rings is 1. The van der Waals surface area contributed by atoms with E-state index >= 15 is 0 Å². The summed E-state index contributed by atoms with van der Waals surface area (Å²) in [5.41, 5.74) is 1.12. The Hall–Kier alpha value is -2.14. The Kier molecular flexibility index (Phi) is 4.81. The standard InChI is InChI=1S/C21H26N2O3/c1-2-10-22-12-18(16-8-9-16)19(13-22)20(24)23-17(14-26-21(23)25)11-15-6-4-3-5-7-15/h2-7,16-19H,1,8-14H2/t17-,18?,19?/m0/s1. The summed E-state index contributed by atoms with van der Waals surface area (Å²) < 4.78 is 5.25. The van der Waals surface area contributed by atoms with Gasteiger partial charge in [-0.05, 0) is 36.7 Å². The molecule has 1 aromatic rings. The van der Waals surface area contributed by atoms with Crippen LogP contribution in [0.4, 0.5) is 4.79 Å². The van der Waals surface area contributed by atoms with Gasteiger partial charge in [0.1, 0.15) is 6.61 Å². The predicted molar refractivity (Wildman–Crippen MR) is 98.5 cm³/mol. The van der Waals surface area contributed by atoms with Gasteiger partial charge >= 0.3 is 6.09 Å². The Morgan fingerprint density at radius 1 is 1.23 bits per heavy atom. The SMILES string of the molecule is C=CCN1CC(C(=O)N2C(=O)OC[C@@H]2Cc2ccccc2)C(C2CC2)C1. The van der Waals surface area contributed by atoms with Crippen LogP contribution in [0.2, 0.25) is 0 Å². The van der Waals surface area contributed by atoms with Gasteiger partial charge in [0, 0.05) is 19.6 Å². The van der Waals surface area contributed by atoms with Crippen LogP contribution in [0.15, 0.2) is 43.0 Å². The van der Waals surface area contributed by atoms with Crippen molar-refractivity contribution in [2.45, 2.75) is 25.3 Å². The second kappa shape index (κ2) is 7.23. The number of hydrogen-bond donors (Lipinski definition) is 0. The van der Waals surface area contributed by atoms with Crippen LogP contribution in [0.25, 0.3) is 0 Å². The van der Waals surface area contributed by atoms with E-state index in [0.717, 1.165) is 18.7 Å². The third kappa shape index (κ3) is 3.40. The van der Waals surface area contributed by atoms with Crippen molar-refractivity contribution in [2.24, 2.45) is 17.8 Å². The normalized spacial score (nSPS) is 29.0. The van der Waals surface area contributed by atoms with E-state index < -0.39 is 6.09 Å². The third-order valence-electron chi connectivity index (χ3n) is 5.89. The smallest absolute Gasteiger partial charge is 0.416 e. The molecule has 0 bridgehead atoms. The number of amides is 2. The summed E-state index contributed by atoms with van der Waals surface area (Å²) in [6, 6.07) is 9.78. The summed E-state index contributed by atoms with van der Waals surface area (Å²) in [4.78, 5) is 29.3. The van der Waals surface area contributed by atoms with Crippen molar-refractivity contribution in [3.05, 3.63) is 48.6 Å². The second-order valence-corrected chi connectivity index (χ2v) is 7.74. The molecule has 2 amide bonds. The first-order valence-electron chi connectivity index (χ1n) is 9.54. The van der Waals surface area contributed by atoms with E-state index in [-0.39, 0.29) is 24.5 Å². The maximum atomic E-state index is 13.3. The Morgan fingerprint density at radius 2 is 2.00 bits per heavy atom. The van der Waals surface area contributed by atoms with Crippen LogP contribution in [0.1, 0.15) is 18.4 Å². The van der Waals surface area contributed by atoms with Crippen LogP contribution in [0, 0.1) is 17.8 Å². The highest BCUT2D eigenvalue weighted by Crippen LogP contribution is 2.44. The summed E-state index contributed by atoms with van der Waals surface area (Å²) in [7, 11) is 0. The Morgan fingerprint density at radius 3 is 2.69 bits per heavy atom. The molecule has 5 nitrogen and oxygen atoms in total. The van der Waals surface area contributed by atoms with Gasteiger partial charge in [0.25, 0.3) is 0 Å². The fourth-order valence-corrected chi connectivity index (χ4v) is 4.45. The third-order valence-corrected chi connectivity index (χ3v) is 5.89. The van der Waals surface area contributed by atoms with Gasteiger partial charge in [-0.15, -0.1) is 6.58 Å². The fourth-order valence-electron chi connectivity index (χ4n) is 4.45. The molecule has 0 radical (unpaired) electrons. The molecule has 1 aliphatic carbocycles. The van der Waals surface area contributed by atoms with E-state index in [1.165, 1.54) is 17.7 Å². The summed E-state index contributed by atoms with van der Waals surface area (Å²) in [6.45, 7) is 6.55. The molecule has 5 heteroatoms. The Balaban J connectivity index is 1.50. The van der Waals surface area contributed by atoms with Crippen molar-refractivity contribution in [1.82, 2.24) is 9.80 Å². The van der Waals surface area contributed by atoms with Crippen LogP contribution < -0.4 is 0 Å². The van der Waals surface area contributed by atoms with Crippen LogP contribution in [0.5, 0.6) is 0 Å². The number of nitrogens with zero attached hydrogens (tertiary/aromatic N) is 2. The molecule has 0 spiro atoms. The lowest BCUT2D eigenvalue weighted by Crippen LogP contribution is -2.45.